The number of furan rings is 1. The standard InChI is InChI=1S/C18H15BrF3N3O2S/c19-13-5-3-12(4-6-13)15-8-23-17(24-15)28-10-16(26)25(11-18(20,21)22)9-14-2-1-7-27-14/h1-8H,9-11H2,(H,23,24). The van der Waals surface area contributed by atoms with Gasteiger partial charge in [0, 0.05) is 4.47 Å². The van der Waals surface area contributed by atoms with E-state index in [1.54, 1.807) is 12.3 Å². The summed E-state index contributed by atoms with van der Waals surface area (Å²) in [6.07, 6.45) is -1.52. The van der Waals surface area contributed by atoms with Gasteiger partial charge in [0.2, 0.25) is 5.91 Å². The lowest BCUT2D eigenvalue weighted by molar-refractivity contribution is -0.161. The lowest BCUT2D eigenvalue weighted by atomic mass is 10.2. The van der Waals surface area contributed by atoms with Crippen molar-refractivity contribution in [3.8, 4) is 11.3 Å². The van der Waals surface area contributed by atoms with Crippen LogP contribution in [0.25, 0.3) is 11.3 Å². The van der Waals surface area contributed by atoms with E-state index < -0.39 is 18.6 Å². The van der Waals surface area contributed by atoms with Gasteiger partial charge >= 0.3 is 6.18 Å². The highest BCUT2D eigenvalue weighted by atomic mass is 79.9. The number of hydrogen-bond donors (Lipinski definition) is 1. The van der Waals surface area contributed by atoms with Crippen molar-refractivity contribution in [2.75, 3.05) is 12.3 Å². The van der Waals surface area contributed by atoms with Crippen molar-refractivity contribution in [1.29, 1.82) is 0 Å². The molecule has 3 rings (SSSR count). The molecule has 1 amide bonds. The molecule has 0 radical (unpaired) electrons. The number of alkyl halides is 3. The minimum atomic E-state index is -4.49. The maximum absolute atomic E-state index is 12.8. The first-order valence-electron chi connectivity index (χ1n) is 8.11. The smallest absolute Gasteiger partial charge is 0.406 e. The van der Waals surface area contributed by atoms with Gasteiger partial charge in [-0.05, 0) is 29.8 Å². The second-order valence-electron chi connectivity index (χ2n) is 5.84. The van der Waals surface area contributed by atoms with Crippen molar-refractivity contribution in [3.05, 3.63) is 59.1 Å². The van der Waals surface area contributed by atoms with E-state index in [-0.39, 0.29) is 18.1 Å². The maximum atomic E-state index is 12.8. The van der Waals surface area contributed by atoms with Gasteiger partial charge in [0.05, 0.1) is 30.5 Å². The van der Waals surface area contributed by atoms with Gasteiger partial charge in [-0.2, -0.15) is 13.2 Å². The van der Waals surface area contributed by atoms with Gasteiger partial charge in [-0.25, -0.2) is 4.98 Å². The number of carbonyl (C=O) groups excluding carboxylic acids is 1. The quantitative estimate of drug-likeness (QED) is 0.484. The summed E-state index contributed by atoms with van der Waals surface area (Å²) in [4.78, 5) is 20.3. The second kappa shape index (κ2) is 8.87. The molecule has 28 heavy (non-hydrogen) atoms. The molecule has 0 bridgehead atoms. The van der Waals surface area contributed by atoms with Crippen LogP contribution in [0.4, 0.5) is 13.2 Å². The predicted octanol–water partition coefficient (Wildman–Crippen LogP) is 5.12. The molecule has 5 nitrogen and oxygen atoms in total. The van der Waals surface area contributed by atoms with Crippen LogP contribution >= 0.6 is 27.7 Å². The molecule has 0 atom stereocenters. The zero-order valence-corrected chi connectivity index (χ0v) is 16.8. The molecule has 0 fully saturated rings. The Bertz CT molecular complexity index is 911. The van der Waals surface area contributed by atoms with E-state index in [1.165, 1.54) is 12.3 Å². The van der Waals surface area contributed by atoms with E-state index in [0.717, 1.165) is 32.4 Å². The van der Waals surface area contributed by atoms with E-state index in [9.17, 15) is 18.0 Å². The van der Waals surface area contributed by atoms with E-state index >= 15 is 0 Å². The minimum absolute atomic E-state index is 0.177. The topological polar surface area (TPSA) is 62.1 Å². The molecule has 0 aliphatic rings. The molecule has 0 aliphatic carbocycles. The van der Waals surface area contributed by atoms with Crippen LogP contribution in [0.15, 0.2) is 62.9 Å². The molecule has 0 aliphatic heterocycles. The molecular formula is C18H15BrF3N3O2S. The molecular weight excluding hydrogens is 459 g/mol. The van der Waals surface area contributed by atoms with Crippen LogP contribution in [-0.4, -0.2) is 39.2 Å². The Morgan fingerprint density at radius 3 is 2.64 bits per heavy atom. The Balaban J connectivity index is 1.63. The first-order chi connectivity index (χ1) is 13.3. The molecule has 3 aromatic rings. The Labute approximate surface area is 171 Å². The Morgan fingerprint density at radius 1 is 1.25 bits per heavy atom. The average Bonchev–Trinajstić information content (AvgIpc) is 3.30. The van der Waals surface area contributed by atoms with Crippen LogP contribution in [0.1, 0.15) is 5.76 Å². The number of H-pyrrole nitrogens is 1. The van der Waals surface area contributed by atoms with Crippen LogP contribution in [0.5, 0.6) is 0 Å². The van der Waals surface area contributed by atoms with Crippen LogP contribution in [0.2, 0.25) is 0 Å². The number of aromatic nitrogens is 2. The highest BCUT2D eigenvalue weighted by Crippen LogP contribution is 2.24. The predicted molar refractivity (Wildman–Crippen MR) is 103 cm³/mol. The highest BCUT2D eigenvalue weighted by molar-refractivity contribution is 9.10. The van der Waals surface area contributed by atoms with Gasteiger partial charge in [0.15, 0.2) is 5.16 Å². The van der Waals surface area contributed by atoms with Gasteiger partial charge in [0.25, 0.3) is 0 Å². The summed E-state index contributed by atoms with van der Waals surface area (Å²) in [6.45, 7) is -1.58. The number of thioether (sulfide) groups is 1. The summed E-state index contributed by atoms with van der Waals surface area (Å²) in [5.41, 5.74) is 1.66. The average molecular weight is 474 g/mol. The number of nitrogens with one attached hydrogen (secondary N) is 1. The summed E-state index contributed by atoms with van der Waals surface area (Å²) in [5, 5.41) is 0.455. The van der Waals surface area contributed by atoms with E-state index in [1.807, 2.05) is 24.3 Å². The monoisotopic (exact) mass is 473 g/mol. The van der Waals surface area contributed by atoms with Crippen molar-refractivity contribution in [1.82, 2.24) is 14.9 Å². The van der Waals surface area contributed by atoms with Crippen molar-refractivity contribution < 1.29 is 22.4 Å². The molecule has 1 aromatic carbocycles. The Morgan fingerprint density at radius 2 is 2.00 bits per heavy atom. The lowest BCUT2D eigenvalue weighted by Crippen LogP contribution is -2.39. The van der Waals surface area contributed by atoms with Gasteiger partial charge < -0.3 is 14.3 Å². The lowest BCUT2D eigenvalue weighted by Gasteiger charge is -2.22. The minimum Gasteiger partial charge on any atom is -0.467 e. The summed E-state index contributed by atoms with van der Waals surface area (Å²) < 4.78 is 44.5. The third-order valence-corrected chi connectivity index (χ3v) is 5.09. The van der Waals surface area contributed by atoms with Crippen LogP contribution in [-0.2, 0) is 11.3 Å². The molecule has 0 saturated carbocycles. The van der Waals surface area contributed by atoms with Crippen molar-refractivity contribution >= 4 is 33.6 Å². The summed E-state index contributed by atoms with van der Waals surface area (Å²) in [7, 11) is 0. The van der Waals surface area contributed by atoms with Crippen molar-refractivity contribution in [2.45, 2.75) is 17.9 Å². The van der Waals surface area contributed by atoms with Gasteiger partial charge in [0.1, 0.15) is 12.3 Å². The van der Waals surface area contributed by atoms with E-state index in [2.05, 4.69) is 25.9 Å². The molecule has 2 heterocycles. The number of rotatable bonds is 7. The number of nitrogens with zero attached hydrogens (tertiary/aromatic N) is 2. The Kier molecular flexibility index (Phi) is 6.50. The number of aromatic amines is 1. The van der Waals surface area contributed by atoms with Crippen LogP contribution in [0.3, 0.4) is 0 Å². The molecule has 1 N–H and O–H groups in total. The number of benzene rings is 1. The summed E-state index contributed by atoms with van der Waals surface area (Å²) in [6, 6.07) is 10.7. The highest BCUT2D eigenvalue weighted by Gasteiger charge is 2.33. The molecule has 0 unspecified atom stereocenters. The third-order valence-electron chi connectivity index (χ3n) is 3.69. The number of amides is 1. The number of hydrogen-bond acceptors (Lipinski definition) is 4. The SMILES string of the molecule is O=C(CSc1ncc(-c2ccc(Br)cc2)[nH]1)N(Cc1ccco1)CC(F)(F)F. The van der Waals surface area contributed by atoms with Crippen LogP contribution < -0.4 is 0 Å². The number of halogens is 4. The zero-order chi connectivity index (χ0) is 20.1. The maximum Gasteiger partial charge on any atom is 0.406 e. The van der Waals surface area contributed by atoms with Gasteiger partial charge in [-0.3, -0.25) is 4.79 Å². The first-order valence-corrected chi connectivity index (χ1v) is 9.89. The van der Waals surface area contributed by atoms with E-state index in [0.29, 0.717) is 5.16 Å². The van der Waals surface area contributed by atoms with Crippen LogP contribution in [0, 0.1) is 0 Å². The fraction of sp³-hybridized carbons (Fsp3) is 0.222. The fourth-order valence-corrected chi connectivity index (χ4v) is 3.43. The largest absolute Gasteiger partial charge is 0.467 e. The summed E-state index contributed by atoms with van der Waals surface area (Å²) >= 11 is 4.41. The fourth-order valence-electron chi connectivity index (χ4n) is 2.41. The first kappa shape index (κ1) is 20.5. The zero-order valence-electron chi connectivity index (χ0n) is 14.4. The van der Waals surface area contributed by atoms with Gasteiger partial charge in [-0.1, -0.05) is 39.8 Å². The van der Waals surface area contributed by atoms with Crippen molar-refractivity contribution in [2.24, 2.45) is 0 Å². The molecule has 2 aromatic heterocycles. The second-order valence-corrected chi connectivity index (χ2v) is 7.72. The van der Waals surface area contributed by atoms with E-state index in [4.69, 9.17) is 4.42 Å². The molecule has 10 heteroatoms. The molecule has 0 spiro atoms. The van der Waals surface area contributed by atoms with Crippen molar-refractivity contribution in [3.63, 3.8) is 0 Å². The number of carbonyl (C=O) groups is 1. The third kappa shape index (κ3) is 5.90. The molecule has 148 valence electrons. The van der Waals surface area contributed by atoms with Gasteiger partial charge in [-0.15, -0.1) is 0 Å². The Hall–Kier alpha value is -2.20. The number of imidazole rings is 1. The summed E-state index contributed by atoms with van der Waals surface area (Å²) in [5.74, 6) is -0.539. The molecule has 0 saturated heterocycles. The normalized spacial score (nSPS) is 11.6.